The van der Waals surface area contributed by atoms with Crippen LogP contribution in [0.5, 0.6) is 0 Å². The van der Waals surface area contributed by atoms with E-state index in [1.54, 1.807) is 44.2 Å². The van der Waals surface area contributed by atoms with Crippen LogP contribution in [0.1, 0.15) is 43.5 Å². The van der Waals surface area contributed by atoms with Crippen LogP contribution in [0.4, 0.5) is 0 Å². The summed E-state index contributed by atoms with van der Waals surface area (Å²) in [6, 6.07) is 7.60. The summed E-state index contributed by atoms with van der Waals surface area (Å²) in [4.78, 5) is 52.2. The number of likely N-dealkylation sites (tertiary alicyclic amines) is 1. The van der Waals surface area contributed by atoms with Crippen molar-refractivity contribution in [1.82, 2.24) is 4.90 Å². The van der Waals surface area contributed by atoms with Gasteiger partial charge in [-0.25, -0.2) is 4.79 Å². The van der Waals surface area contributed by atoms with Crippen LogP contribution in [-0.4, -0.2) is 41.1 Å². The monoisotopic (exact) mass is 383 g/mol. The minimum Gasteiger partial charge on any atom is -0.456 e. The molecular weight excluding hydrogens is 358 g/mol. The van der Waals surface area contributed by atoms with E-state index in [2.05, 4.69) is 0 Å². The molecule has 4 rings (SSSR count). The van der Waals surface area contributed by atoms with E-state index in [9.17, 15) is 19.2 Å². The molecule has 2 saturated carbocycles. The first-order chi connectivity index (χ1) is 13.4. The van der Waals surface area contributed by atoms with Crippen LogP contribution < -0.4 is 0 Å². The number of ether oxygens (including phenoxy) is 1. The maximum Gasteiger partial charge on any atom is 0.330 e. The molecule has 148 valence electrons. The van der Waals surface area contributed by atoms with E-state index in [-0.39, 0.29) is 47.2 Å². The molecule has 6 nitrogen and oxygen atoms in total. The lowest BCUT2D eigenvalue weighted by Crippen LogP contribution is -2.50. The number of carbonyl (C=O) groups is 4. The highest BCUT2D eigenvalue weighted by Crippen LogP contribution is 2.56. The number of benzene rings is 1. The lowest BCUT2D eigenvalue weighted by Gasteiger charge is -2.28. The summed E-state index contributed by atoms with van der Waals surface area (Å²) in [5, 5.41) is 0. The van der Waals surface area contributed by atoms with Gasteiger partial charge in [0, 0.05) is 5.56 Å². The fourth-order valence-electron chi connectivity index (χ4n) is 5.31. The summed E-state index contributed by atoms with van der Waals surface area (Å²) in [7, 11) is 0. The molecule has 3 fully saturated rings. The smallest absolute Gasteiger partial charge is 0.330 e. The van der Waals surface area contributed by atoms with Crippen molar-refractivity contribution in [3.63, 3.8) is 0 Å². The predicted octanol–water partition coefficient (Wildman–Crippen LogP) is 2.47. The molecular formula is C22H25NO5. The van der Waals surface area contributed by atoms with Gasteiger partial charge in [-0.2, -0.15) is 0 Å². The van der Waals surface area contributed by atoms with E-state index in [1.807, 2.05) is 0 Å². The Morgan fingerprint density at radius 2 is 1.61 bits per heavy atom. The molecule has 1 heterocycles. The molecule has 0 unspecified atom stereocenters. The van der Waals surface area contributed by atoms with Crippen molar-refractivity contribution in [3.8, 4) is 0 Å². The summed E-state index contributed by atoms with van der Waals surface area (Å²) in [5.41, 5.74) is 0.454. The normalized spacial score (nSPS) is 29.3. The minimum absolute atomic E-state index is 0.229. The van der Waals surface area contributed by atoms with Crippen molar-refractivity contribution in [2.75, 3.05) is 6.61 Å². The molecule has 28 heavy (non-hydrogen) atoms. The van der Waals surface area contributed by atoms with Gasteiger partial charge in [-0.1, -0.05) is 44.2 Å². The van der Waals surface area contributed by atoms with Crippen LogP contribution >= 0.6 is 0 Å². The highest BCUT2D eigenvalue weighted by molar-refractivity contribution is 6.09. The van der Waals surface area contributed by atoms with E-state index < -0.39 is 18.6 Å². The molecule has 2 aliphatic carbocycles. The number of Topliss-reactive ketones (excluding diaryl/α,β-unsaturated/α-hetero) is 1. The van der Waals surface area contributed by atoms with Crippen molar-refractivity contribution < 1.29 is 23.9 Å². The summed E-state index contributed by atoms with van der Waals surface area (Å²) in [5.74, 6) is -1.76. The maximum absolute atomic E-state index is 13.0. The number of rotatable bonds is 6. The van der Waals surface area contributed by atoms with Gasteiger partial charge in [0.15, 0.2) is 12.4 Å². The summed E-state index contributed by atoms with van der Waals surface area (Å²) < 4.78 is 5.25. The van der Waals surface area contributed by atoms with Gasteiger partial charge in [0.05, 0.1) is 11.8 Å². The van der Waals surface area contributed by atoms with Gasteiger partial charge in [0.2, 0.25) is 11.8 Å². The molecule has 6 heteroatoms. The first kappa shape index (κ1) is 18.8. The number of imide groups is 1. The second-order valence-corrected chi connectivity index (χ2v) is 8.52. The molecule has 5 atom stereocenters. The highest BCUT2D eigenvalue weighted by atomic mass is 16.5. The first-order valence-corrected chi connectivity index (χ1v) is 10.0. The standard InChI is InChI=1S/C22H25NO5/c1-12(2)19(22(27)28-11-16(24)13-6-4-3-5-7-13)23-20(25)17-14-8-9-15(10-14)18(17)21(23)26/h3-7,12,14-15,17-19H,8-11H2,1-2H3/t14-,15-,17+,18+,19+/m0/s1. The topological polar surface area (TPSA) is 80.8 Å². The van der Waals surface area contributed by atoms with E-state index in [0.717, 1.165) is 24.2 Å². The zero-order valence-corrected chi connectivity index (χ0v) is 16.2. The third-order valence-corrected chi connectivity index (χ3v) is 6.55. The molecule has 0 spiro atoms. The Hall–Kier alpha value is -2.50. The van der Waals surface area contributed by atoms with Crippen molar-refractivity contribution >= 4 is 23.6 Å². The van der Waals surface area contributed by atoms with Gasteiger partial charge in [-0.05, 0) is 37.0 Å². The fourth-order valence-corrected chi connectivity index (χ4v) is 5.31. The lowest BCUT2D eigenvalue weighted by atomic mass is 9.81. The van der Waals surface area contributed by atoms with Gasteiger partial charge in [-0.15, -0.1) is 0 Å². The number of amides is 2. The van der Waals surface area contributed by atoms with Crippen LogP contribution in [0.15, 0.2) is 30.3 Å². The van der Waals surface area contributed by atoms with E-state index >= 15 is 0 Å². The molecule has 3 aliphatic rings. The molecule has 1 saturated heterocycles. The molecule has 0 aromatic heterocycles. The number of ketones is 1. The average molecular weight is 383 g/mol. The Morgan fingerprint density at radius 1 is 1.04 bits per heavy atom. The second-order valence-electron chi connectivity index (χ2n) is 8.52. The third-order valence-electron chi connectivity index (χ3n) is 6.55. The third kappa shape index (κ3) is 2.95. The van der Waals surface area contributed by atoms with Gasteiger partial charge in [0.25, 0.3) is 0 Å². The zero-order valence-electron chi connectivity index (χ0n) is 16.2. The summed E-state index contributed by atoms with van der Waals surface area (Å²) in [6.07, 6.45) is 2.92. The van der Waals surface area contributed by atoms with Crippen LogP contribution in [-0.2, 0) is 19.1 Å². The Labute approximate surface area is 164 Å². The second kappa shape index (κ2) is 7.15. The van der Waals surface area contributed by atoms with Crippen molar-refractivity contribution in [2.45, 2.75) is 39.2 Å². The molecule has 1 aromatic rings. The molecule has 1 aromatic carbocycles. The van der Waals surface area contributed by atoms with Gasteiger partial charge < -0.3 is 4.74 Å². The zero-order chi connectivity index (χ0) is 20.0. The Bertz CT molecular complexity index is 789. The van der Waals surface area contributed by atoms with Gasteiger partial charge in [-0.3, -0.25) is 19.3 Å². The van der Waals surface area contributed by atoms with E-state index in [4.69, 9.17) is 4.74 Å². The van der Waals surface area contributed by atoms with Crippen molar-refractivity contribution in [2.24, 2.45) is 29.6 Å². The quantitative estimate of drug-likeness (QED) is 0.428. The average Bonchev–Trinajstić information content (AvgIpc) is 3.36. The maximum atomic E-state index is 13.0. The minimum atomic E-state index is -0.978. The van der Waals surface area contributed by atoms with E-state index in [1.165, 1.54) is 0 Å². The van der Waals surface area contributed by atoms with E-state index in [0.29, 0.717) is 5.56 Å². The number of fused-ring (bicyclic) bond motifs is 5. The first-order valence-electron chi connectivity index (χ1n) is 10.0. The summed E-state index contributed by atoms with van der Waals surface area (Å²) >= 11 is 0. The number of esters is 1. The SMILES string of the molecule is CC(C)[C@H](C(=O)OCC(=O)c1ccccc1)N1C(=O)[C@@H]2[C@H]3CC[C@@H](C3)[C@H]2C1=O. The molecule has 2 amide bonds. The van der Waals surface area contributed by atoms with Crippen molar-refractivity contribution in [1.29, 1.82) is 0 Å². The van der Waals surface area contributed by atoms with Crippen LogP contribution in [0.25, 0.3) is 0 Å². The predicted molar refractivity (Wildman–Crippen MR) is 100 cm³/mol. The number of carbonyl (C=O) groups excluding carboxylic acids is 4. The number of hydrogen-bond acceptors (Lipinski definition) is 5. The molecule has 2 bridgehead atoms. The van der Waals surface area contributed by atoms with Crippen LogP contribution in [0.2, 0.25) is 0 Å². The summed E-state index contributed by atoms with van der Waals surface area (Å²) in [6.45, 7) is 3.17. The van der Waals surface area contributed by atoms with Crippen molar-refractivity contribution in [3.05, 3.63) is 35.9 Å². The largest absolute Gasteiger partial charge is 0.456 e. The van der Waals surface area contributed by atoms with Gasteiger partial charge in [0.1, 0.15) is 6.04 Å². The van der Waals surface area contributed by atoms with Crippen LogP contribution in [0, 0.1) is 29.6 Å². The Morgan fingerprint density at radius 3 is 2.14 bits per heavy atom. The number of nitrogens with zero attached hydrogens (tertiary/aromatic N) is 1. The Kier molecular flexibility index (Phi) is 4.81. The fraction of sp³-hybridized carbons (Fsp3) is 0.545. The van der Waals surface area contributed by atoms with Crippen LogP contribution in [0.3, 0.4) is 0 Å². The molecule has 0 N–H and O–H groups in total. The number of hydrogen-bond donors (Lipinski definition) is 0. The molecule has 0 radical (unpaired) electrons. The lowest BCUT2D eigenvalue weighted by molar-refractivity contribution is -0.160. The Balaban J connectivity index is 1.48. The molecule has 1 aliphatic heterocycles. The van der Waals surface area contributed by atoms with Gasteiger partial charge >= 0.3 is 5.97 Å². The highest BCUT2D eigenvalue weighted by Gasteiger charge is 2.62.